The number of carbonyl (C=O) groups is 1. The number of nitrogens with zero attached hydrogens (tertiary/aromatic N) is 4. The molecule has 0 saturated carbocycles. The largest absolute Gasteiger partial charge is 0.468 e. The van der Waals surface area contributed by atoms with Gasteiger partial charge in [0.05, 0.1) is 12.0 Å². The van der Waals surface area contributed by atoms with E-state index in [2.05, 4.69) is 14.7 Å². The number of amides is 2. The van der Waals surface area contributed by atoms with Gasteiger partial charge in [-0.15, -0.1) is 0 Å². The van der Waals surface area contributed by atoms with E-state index in [4.69, 9.17) is 11.6 Å². The van der Waals surface area contributed by atoms with Crippen molar-refractivity contribution in [1.82, 2.24) is 14.9 Å². The van der Waals surface area contributed by atoms with Crippen LogP contribution in [0.3, 0.4) is 0 Å². The van der Waals surface area contributed by atoms with Crippen LogP contribution in [0.4, 0.5) is 19.3 Å². The molecule has 1 atom stereocenters. The van der Waals surface area contributed by atoms with Crippen molar-refractivity contribution < 1.29 is 31.7 Å². The number of rotatable bonds is 5. The average Bonchev–Trinajstić information content (AvgIpc) is 2.60. The molecule has 1 aromatic carbocycles. The van der Waals surface area contributed by atoms with Gasteiger partial charge in [0.15, 0.2) is 4.90 Å². The van der Waals surface area contributed by atoms with E-state index in [1.165, 1.54) is 16.9 Å². The number of nitrogens with one attached hydrogen (secondary N) is 2. The molecule has 17 heteroatoms. The zero-order valence-electron chi connectivity index (χ0n) is 14.7. The maximum absolute atomic E-state index is 13.2. The molecule has 0 fully saturated rings. The average molecular weight is 464 g/mol. The maximum atomic E-state index is 13.2. The van der Waals surface area contributed by atoms with Gasteiger partial charge < -0.3 is 4.74 Å². The van der Waals surface area contributed by atoms with Crippen LogP contribution in [0.2, 0.25) is 0 Å². The van der Waals surface area contributed by atoms with Gasteiger partial charge >= 0.3 is 18.6 Å². The van der Waals surface area contributed by atoms with Gasteiger partial charge in [0.2, 0.25) is 11.6 Å². The number of ether oxygens (including phenoxy) is 1. The summed E-state index contributed by atoms with van der Waals surface area (Å²) in [6.07, 6.45) is -1.86. The molecule has 0 aliphatic carbocycles. The van der Waals surface area contributed by atoms with E-state index >= 15 is 0 Å². The van der Waals surface area contributed by atoms with Gasteiger partial charge in [0, 0.05) is 35.6 Å². The molecular weight excluding hydrogens is 453 g/mol. The molecule has 1 aromatic rings. The number of urea groups is 1. The van der Waals surface area contributed by atoms with Crippen LogP contribution >= 0.6 is 11.6 Å². The third kappa shape index (κ3) is 5.96. The predicted molar refractivity (Wildman–Crippen MR) is 97.1 cm³/mol. The number of amidine groups is 2. The summed E-state index contributed by atoms with van der Waals surface area (Å²) < 4.78 is 57.1. The van der Waals surface area contributed by atoms with E-state index < -0.39 is 55.7 Å². The monoisotopic (exact) mass is 463 g/mol. The topological polar surface area (TPSA) is 156 Å². The zero-order valence-corrected chi connectivity index (χ0v) is 18.3. The summed E-state index contributed by atoms with van der Waals surface area (Å²) in [5.74, 6) is 0. The molecule has 29 heavy (non-hydrogen) atoms. The number of hydrogen-bond acceptors (Lipinski definition) is 9. The van der Waals surface area contributed by atoms with Crippen LogP contribution in [-0.2, 0) is 14.8 Å². The predicted octanol–water partition coefficient (Wildman–Crippen LogP) is 0.621. The van der Waals surface area contributed by atoms with Crippen LogP contribution in [0.15, 0.2) is 39.1 Å². The number of carbonyl (C=O) groups excluding carboxylic acids is 1. The Morgan fingerprint density at radius 1 is 1.41 bits per heavy atom. The first kappa shape index (κ1) is 25.0. The summed E-state index contributed by atoms with van der Waals surface area (Å²) in [6.45, 7) is -3.25. The molecule has 0 bridgehead atoms. The fraction of sp³-hybridized carbons (Fsp3) is 0.250. The molecule has 0 spiro atoms. The van der Waals surface area contributed by atoms with E-state index in [0.29, 0.717) is 0 Å². The number of hydrogen-bond donors (Lipinski definition) is 2. The Morgan fingerprint density at radius 2 is 2.03 bits per heavy atom. The van der Waals surface area contributed by atoms with Gasteiger partial charge in [-0.25, -0.2) is 27.8 Å². The minimum Gasteiger partial charge on any atom is -0.468 e. The minimum atomic E-state index is -4.71. The maximum Gasteiger partial charge on any atom is 0.331 e. The molecular formula is C12H11ClF2N6NaO6S. The molecule has 1 heterocycles. The molecule has 153 valence electrons. The quantitative estimate of drug-likeness (QED) is 0.280. The Balaban J connectivity index is 0.00000420. The number of benzene rings is 1. The van der Waals surface area contributed by atoms with Crippen molar-refractivity contribution >= 4 is 74.2 Å². The SMILES string of the molecule is COC1=NC(Cl)=NC(NC(=O)NS(=O)(=O)c2ccccc2[N+](=O)[O-])N1C(F)F.[Na]. The van der Waals surface area contributed by atoms with Crippen LogP contribution in [0.5, 0.6) is 0 Å². The Hall–Kier alpha value is -2.07. The van der Waals surface area contributed by atoms with E-state index in [-0.39, 0.29) is 34.5 Å². The third-order valence-electron chi connectivity index (χ3n) is 3.13. The Morgan fingerprint density at radius 3 is 2.59 bits per heavy atom. The third-order valence-corrected chi connectivity index (χ3v) is 4.69. The smallest absolute Gasteiger partial charge is 0.331 e. The van der Waals surface area contributed by atoms with Crippen LogP contribution in [0.1, 0.15) is 0 Å². The van der Waals surface area contributed by atoms with Gasteiger partial charge in [-0.1, -0.05) is 12.1 Å². The Labute approximate surface area is 189 Å². The van der Waals surface area contributed by atoms with Gasteiger partial charge in [-0.3, -0.25) is 15.4 Å². The number of alkyl halides is 2. The van der Waals surface area contributed by atoms with E-state index in [0.717, 1.165) is 19.2 Å². The molecule has 0 saturated heterocycles. The molecule has 1 unspecified atom stereocenters. The second-order valence-electron chi connectivity index (χ2n) is 4.86. The second kappa shape index (κ2) is 10.1. The molecule has 2 amide bonds. The summed E-state index contributed by atoms with van der Waals surface area (Å²) in [7, 11) is -3.70. The normalized spacial score (nSPS) is 16.3. The van der Waals surface area contributed by atoms with Crippen molar-refractivity contribution in [3.05, 3.63) is 34.4 Å². The fourth-order valence-electron chi connectivity index (χ4n) is 2.04. The van der Waals surface area contributed by atoms with Crippen LogP contribution in [0.25, 0.3) is 0 Å². The molecule has 0 aromatic heterocycles. The van der Waals surface area contributed by atoms with E-state index in [1.807, 2.05) is 5.32 Å². The summed E-state index contributed by atoms with van der Waals surface area (Å²) in [4.78, 5) is 28.2. The number of halogens is 3. The molecule has 1 radical (unpaired) electrons. The first-order valence-electron chi connectivity index (χ1n) is 7.06. The Kier molecular flexibility index (Phi) is 8.70. The van der Waals surface area contributed by atoms with E-state index in [9.17, 15) is 32.1 Å². The summed E-state index contributed by atoms with van der Waals surface area (Å²) in [5.41, 5.74) is -0.787. The van der Waals surface area contributed by atoms with Crippen LogP contribution in [0, 0.1) is 10.1 Å². The van der Waals surface area contributed by atoms with Crippen molar-refractivity contribution in [1.29, 1.82) is 0 Å². The number of aliphatic imine (C=N–C) groups is 2. The number of methoxy groups -OCH3 is 1. The summed E-state index contributed by atoms with van der Waals surface area (Å²) in [6, 6.07) is 2.05. The fourth-order valence-corrected chi connectivity index (χ4v) is 3.29. The first-order chi connectivity index (χ1) is 13.1. The number of nitro groups is 1. The van der Waals surface area contributed by atoms with Crippen molar-refractivity contribution in [2.24, 2.45) is 9.98 Å². The molecule has 1 aliphatic heterocycles. The van der Waals surface area contributed by atoms with Crippen LogP contribution < -0.4 is 10.0 Å². The second-order valence-corrected chi connectivity index (χ2v) is 6.85. The first-order valence-corrected chi connectivity index (χ1v) is 8.92. The number of sulfonamides is 1. The molecule has 2 N–H and O–H groups in total. The number of nitro benzene ring substituents is 1. The van der Waals surface area contributed by atoms with Gasteiger partial charge in [0.25, 0.3) is 15.7 Å². The van der Waals surface area contributed by atoms with E-state index in [1.54, 1.807) is 0 Å². The summed E-state index contributed by atoms with van der Waals surface area (Å²) >= 11 is 5.57. The number of para-hydroxylation sites is 1. The standard InChI is InChI=1S/C12H11ClF2N6O6S.Na/c1-27-12-17-8(13)16-10(20(12)9(14)15)18-11(22)19-28(25,26)7-5-3-2-4-6(7)21(23)24;/h2-5,9-10H,1H3,(H2,18,19,22);. The van der Waals surface area contributed by atoms with Crippen molar-refractivity contribution in [2.75, 3.05) is 7.11 Å². The van der Waals surface area contributed by atoms with Gasteiger partial charge in [-0.2, -0.15) is 13.8 Å². The van der Waals surface area contributed by atoms with Crippen molar-refractivity contribution in [3.63, 3.8) is 0 Å². The van der Waals surface area contributed by atoms with Gasteiger partial charge in [0.1, 0.15) is 0 Å². The molecule has 12 nitrogen and oxygen atoms in total. The van der Waals surface area contributed by atoms with Crippen molar-refractivity contribution in [2.45, 2.75) is 17.7 Å². The van der Waals surface area contributed by atoms with Crippen LogP contribution in [-0.4, -0.2) is 85.1 Å². The Bertz CT molecular complexity index is 962. The van der Waals surface area contributed by atoms with Crippen molar-refractivity contribution in [3.8, 4) is 0 Å². The minimum absolute atomic E-state index is 0. The van der Waals surface area contributed by atoms with Gasteiger partial charge in [-0.05, 0) is 17.7 Å². The summed E-state index contributed by atoms with van der Waals surface area (Å²) in [5, 5.41) is 12.3. The zero-order chi connectivity index (χ0) is 21.1. The molecule has 2 rings (SSSR count). The molecule has 1 aliphatic rings.